The number of aromatic hydroxyl groups is 1. The molecule has 24 heavy (non-hydrogen) atoms. The summed E-state index contributed by atoms with van der Waals surface area (Å²) in [6.07, 6.45) is 2.19. The lowest BCUT2D eigenvalue weighted by Gasteiger charge is -2.18. The Balaban J connectivity index is 1.97. The molecule has 0 spiro atoms. The standard InChI is InChI=1S/C19H23N3O2/c1-4-17(21-18-10-5-13(2)11-14(18)3)19(24)22-20-12-15-6-8-16(23)9-7-15/h5-12,17,21,23H,4H2,1-3H3,(H,22,24). The summed E-state index contributed by atoms with van der Waals surface area (Å²) in [4.78, 5) is 12.3. The molecule has 2 rings (SSSR count). The van der Waals surface area contributed by atoms with Crippen molar-refractivity contribution in [3.05, 3.63) is 59.2 Å². The van der Waals surface area contributed by atoms with Crippen LogP contribution in [-0.4, -0.2) is 23.3 Å². The van der Waals surface area contributed by atoms with Gasteiger partial charge in [-0.25, -0.2) is 5.43 Å². The van der Waals surface area contributed by atoms with Gasteiger partial charge in [0.2, 0.25) is 0 Å². The summed E-state index contributed by atoms with van der Waals surface area (Å²) in [6.45, 7) is 6.01. The third-order valence-electron chi connectivity index (χ3n) is 3.72. The zero-order valence-electron chi connectivity index (χ0n) is 14.2. The fourth-order valence-corrected chi connectivity index (χ4v) is 2.32. The highest BCUT2D eigenvalue weighted by molar-refractivity contribution is 5.87. The maximum Gasteiger partial charge on any atom is 0.262 e. The minimum atomic E-state index is -0.358. The van der Waals surface area contributed by atoms with E-state index in [1.165, 1.54) is 5.56 Å². The molecule has 0 aromatic heterocycles. The number of aryl methyl sites for hydroxylation is 2. The van der Waals surface area contributed by atoms with Crippen LogP contribution in [0.3, 0.4) is 0 Å². The van der Waals surface area contributed by atoms with Crippen LogP contribution in [0.25, 0.3) is 0 Å². The zero-order chi connectivity index (χ0) is 17.5. The first-order valence-corrected chi connectivity index (χ1v) is 7.95. The Morgan fingerprint density at radius 2 is 1.92 bits per heavy atom. The summed E-state index contributed by atoms with van der Waals surface area (Å²) in [5.74, 6) is 0.00686. The number of phenols is 1. The quantitative estimate of drug-likeness (QED) is 0.563. The summed E-state index contributed by atoms with van der Waals surface area (Å²) >= 11 is 0. The van der Waals surface area contributed by atoms with E-state index in [0.717, 1.165) is 16.8 Å². The topological polar surface area (TPSA) is 73.7 Å². The van der Waals surface area contributed by atoms with Gasteiger partial charge in [-0.15, -0.1) is 0 Å². The monoisotopic (exact) mass is 325 g/mol. The number of carbonyl (C=O) groups excluding carboxylic acids is 1. The van der Waals surface area contributed by atoms with Crippen LogP contribution >= 0.6 is 0 Å². The van der Waals surface area contributed by atoms with Crippen LogP contribution in [0.15, 0.2) is 47.6 Å². The van der Waals surface area contributed by atoms with Gasteiger partial charge < -0.3 is 10.4 Å². The number of benzene rings is 2. The van der Waals surface area contributed by atoms with Crippen LogP contribution < -0.4 is 10.7 Å². The van der Waals surface area contributed by atoms with E-state index in [4.69, 9.17) is 0 Å². The van der Waals surface area contributed by atoms with E-state index in [9.17, 15) is 9.90 Å². The van der Waals surface area contributed by atoms with Gasteiger partial charge in [0, 0.05) is 5.69 Å². The van der Waals surface area contributed by atoms with Crippen molar-refractivity contribution in [1.29, 1.82) is 0 Å². The Morgan fingerprint density at radius 3 is 2.54 bits per heavy atom. The van der Waals surface area contributed by atoms with Crippen LogP contribution in [0.4, 0.5) is 5.69 Å². The molecule has 0 fully saturated rings. The lowest BCUT2D eigenvalue weighted by atomic mass is 10.1. The summed E-state index contributed by atoms with van der Waals surface area (Å²) < 4.78 is 0. The van der Waals surface area contributed by atoms with Gasteiger partial charge in [0.1, 0.15) is 11.8 Å². The van der Waals surface area contributed by atoms with Gasteiger partial charge in [0.05, 0.1) is 6.21 Å². The molecule has 0 aliphatic carbocycles. The van der Waals surface area contributed by atoms with Crippen molar-refractivity contribution in [2.45, 2.75) is 33.2 Å². The summed E-state index contributed by atoms with van der Waals surface area (Å²) in [6, 6.07) is 12.3. The largest absolute Gasteiger partial charge is 0.508 e. The normalized spacial score (nSPS) is 12.1. The Bertz CT molecular complexity index is 724. The molecule has 1 atom stereocenters. The number of hydrazone groups is 1. The van der Waals surface area contributed by atoms with Gasteiger partial charge in [-0.2, -0.15) is 5.10 Å². The average molecular weight is 325 g/mol. The molecule has 1 unspecified atom stereocenters. The molecule has 0 saturated heterocycles. The number of amides is 1. The van der Waals surface area contributed by atoms with E-state index in [1.54, 1.807) is 30.5 Å². The molecule has 0 bridgehead atoms. The molecule has 5 nitrogen and oxygen atoms in total. The van der Waals surface area contributed by atoms with E-state index in [1.807, 2.05) is 32.9 Å². The number of hydrogen-bond acceptors (Lipinski definition) is 4. The summed E-state index contributed by atoms with van der Waals surface area (Å²) in [5, 5.41) is 16.5. The number of hydrogen-bond donors (Lipinski definition) is 3. The molecule has 2 aromatic carbocycles. The van der Waals surface area contributed by atoms with E-state index in [2.05, 4.69) is 21.9 Å². The van der Waals surface area contributed by atoms with E-state index >= 15 is 0 Å². The summed E-state index contributed by atoms with van der Waals surface area (Å²) in [7, 11) is 0. The predicted molar refractivity (Wildman–Crippen MR) is 97.5 cm³/mol. The van der Waals surface area contributed by atoms with Crippen LogP contribution in [0, 0.1) is 13.8 Å². The van der Waals surface area contributed by atoms with Crippen molar-refractivity contribution in [1.82, 2.24) is 5.43 Å². The maximum absolute atomic E-state index is 12.3. The smallest absolute Gasteiger partial charge is 0.262 e. The van der Waals surface area contributed by atoms with Crippen LogP contribution in [0.5, 0.6) is 5.75 Å². The highest BCUT2D eigenvalue weighted by Crippen LogP contribution is 2.17. The first-order chi connectivity index (χ1) is 11.5. The maximum atomic E-state index is 12.3. The predicted octanol–water partition coefficient (Wildman–Crippen LogP) is 3.35. The second kappa shape index (κ2) is 8.15. The second-order valence-electron chi connectivity index (χ2n) is 5.75. The van der Waals surface area contributed by atoms with E-state index in [-0.39, 0.29) is 17.7 Å². The number of nitrogens with one attached hydrogen (secondary N) is 2. The van der Waals surface area contributed by atoms with Gasteiger partial charge in [0.25, 0.3) is 5.91 Å². The van der Waals surface area contributed by atoms with Gasteiger partial charge in [-0.1, -0.05) is 24.6 Å². The minimum Gasteiger partial charge on any atom is -0.508 e. The second-order valence-corrected chi connectivity index (χ2v) is 5.75. The first-order valence-electron chi connectivity index (χ1n) is 7.95. The highest BCUT2D eigenvalue weighted by atomic mass is 16.3. The number of nitrogens with zero attached hydrogens (tertiary/aromatic N) is 1. The van der Waals surface area contributed by atoms with Gasteiger partial charge >= 0.3 is 0 Å². The van der Waals surface area contributed by atoms with Crippen molar-refractivity contribution in [2.24, 2.45) is 5.10 Å². The van der Waals surface area contributed by atoms with Crippen molar-refractivity contribution in [3.63, 3.8) is 0 Å². The Morgan fingerprint density at radius 1 is 1.21 bits per heavy atom. The Labute approximate surface area is 142 Å². The minimum absolute atomic E-state index is 0.187. The summed E-state index contributed by atoms with van der Waals surface area (Å²) in [5.41, 5.74) is 6.59. The molecule has 0 heterocycles. The van der Waals surface area contributed by atoms with Crippen molar-refractivity contribution in [3.8, 4) is 5.75 Å². The molecule has 2 aromatic rings. The molecular weight excluding hydrogens is 302 g/mol. The van der Waals surface area contributed by atoms with E-state index < -0.39 is 0 Å². The third-order valence-corrected chi connectivity index (χ3v) is 3.72. The Kier molecular flexibility index (Phi) is 5.95. The van der Waals surface area contributed by atoms with Crippen LogP contribution in [0.2, 0.25) is 0 Å². The third kappa shape index (κ3) is 4.84. The molecule has 0 radical (unpaired) electrons. The Hall–Kier alpha value is -2.82. The van der Waals surface area contributed by atoms with Gasteiger partial charge in [-0.05, 0) is 61.7 Å². The fraction of sp³-hybridized carbons (Fsp3) is 0.263. The van der Waals surface area contributed by atoms with E-state index in [0.29, 0.717) is 6.42 Å². The molecular formula is C19H23N3O2. The van der Waals surface area contributed by atoms with Crippen molar-refractivity contribution in [2.75, 3.05) is 5.32 Å². The average Bonchev–Trinajstić information content (AvgIpc) is 2.56. The molecule has 0 aliphatic rings. The molecule has 3 N–H and O–H groups in total. The number of anilines is 1. The molecule has 126 valence electrons. The van der Waals surface area contributed by atoms with Crippen LogP contribution in [-0.2, 0) is 4.79 Å². The number of phenolic OH excluding ortho intramolecular Hbond substituents is 1. The first kappa shape index (κ1) is 17.5. The zero-order valence-corrected chi connectivity index (χ0v) is 14.2. The molecule has 1 amide bonds. The van der Waals surface area contributed by atoms with Gasteiger partial charge in [0.15, 0.2) is 0 Å². The molecule has 0 saturated carbocycles. The van der Waals surface area contributed by atoms with Crippen molar-refractivity contribution < 1.29 is 9.90 Å². The van der Waals surface area contributed by atoms with Gasteiger partial charge in [-0.3, -0.25) is 4.79 Å². The number of rotatable bonds is 6. The highest BCUT2D eigenvalue weighted by Gasteiger charge is 2.16. The lowest BCUT2D eigenvalue weighted by molar-refractivity contribution is -0.121. The lowest BCUT2D eigenvalue weighted by Crippen LogP contribution is -2.37. The molecule has 0 aliphatic heterocycles. The van der Waals surface area contributed by atoms with Crippen molar-refractivity contribution >= 4 is 17.8 Å². The SMILES string of the molecule is CCC(Nc1ccc(C)cc1C)C(=O)NN=Cc1ccc(O)cc1. The molecule has 5 heteroatoms. The van der Waals surface area contributed by atoms with Crippen LogP contribution in [0.1, 0.15) is 30.0 Å². The fourth-order valence-electron chi connectivity index (χ4n) is 2.32. The number of carbonyl (C=O) groups is 1.